The van der Waals surface area contributed by atoms with E-state index < -0.39 is 0 Å². The lowest BCUT2D eigenvalue weighted by Crippen LogP contribution is -2.49. The molecule has 0 spiro atoms. The van der Waals surface area contributed by atoms with E-state index in [2.05, 4.69) is 10.6 Å². The SMILES string of the molecule is CNC[C@@H]1Oc2ccc(NC(=O)Cc3cn(C)c4ccccc34)cc2C(=O)N([C@@H](C)CO)C[C@H]1C. The Kier molecular flexibility index (Phi) is 7.42. The van der Waals surface area contributed by atoms with Crippen molar-refractivity contribution in [2.24, 2.45) is 13.0 Å². The largest absolute Gasteiger partial charge is 0.488 e. The molecule has 0 saturated heterocycles. The first-order chi connectivity index (χ1) is 16.8. The Bertz CT molecular complexity index is 1220. The third-order valence-corrected chi connectivity index (χ3v) is 6.68. The summed E-state index contributed by atoms with van der Waals surface area (Å²) in [5.41, 5.74) is 2.92. The van der Waals surface area contributed by atoms with E-state index in [-0.39, 0.29) is 42.9 Å². The Hall–Kier alpha value is -3.36. The number of aryl methyl sites for hydroxylation is 1. The van der Waals surface area contributed by atoms with Crippen molar-refractivity contribution in [1.82, 2.24) is 14.8 Å². The van der Waals surface area contributed by atoms with E-state index in [1.54, 1.807) is 23.1 Å². The van der Waals surface area contributed by atoms with Crippen molar-refractivity contribution in [1.29, 1.82) is 0 Å². The molecule has 4 rings (SSSR count). The minimum Gasteiger partial charge on any atom is -0.488 e. The summed E-state index contributed by atoms with van der Waals surface area (Å²) >= 11 is 0. The van der Waals surface area contributed by atoms with Gasteiger partial charge in [-0.2, -0.15) is 0 Å². The lowest BCUT2D eigenvalue weighted by molar-refractivity contribution is -0.115. The second kappa shape index (κ2) is 10.5. The molecule has 0 unspecified atom stereocenters. The molecule has 1 aromatic heterocycles. The lowest BCUT2D eigenvalue weighted by atomic mass is 9.99. The van der Waals surface area contributed by atoms with Gasteiger partial charge in [-0.3, -0.25) is 9.59 Å². The molecule has 186 valence electrons. The smallest absolute Gasteiger partial charge is 0.258 e. The van der Waals surface area contributed by atoms with Gasteiger partial charge in [0.2, 0.25) is 5.91 Å². The van der Waals surface area contributed by atoms with Crippen LogP contribution in [0.2, 0.25) is 0 Å². The summed E-state index contributed by atoms with van der Waals surface area (Å²) < 4.78 is 8.25. The van der Waals surface area contributed by atoms with E-state index in [0.717, 1.165) is 16.5 Å². The Labute approximate surface area is 205 Å². The average Bonchev–Trinajstić information content (AvgIpc) is 3.16. The van der Waals surface area contributed by atoms with E-state index in [1.807, 2.05) is 63.0 Å². The number of likely N-dealkylation sites (N-methyl/N-ethyl adjacent to an activating group) is 1. The number of aliphatic hydroxyl groups is 1. The van der Waals surface area contributed by atoms with Gasteiger partial charge < -0.3 is 29.9 Å². The van der Waals surface area contributed by atoms with Crippen molar-refractivity contribution < 1.29 is 19.4 Å². The molecule has 2 amide bonds. The number of nitrogens with zero attached hydrogens (tertiary/aromatic N) is 2. The number of hydrogen-bond acceptors (Lipinski definition) is 5. The molecule has 35 heavy (non-hydrogen) atoms. The maximum absolute atomic E-state index is 13.5. The van der Waals surface area contributed by atoms with Crippen LogP contribution in [0.1, 0.15) is 29.8 Å². The maximum atomic E-state index is 13.5. The average molecular weight is 479 g/mol. The van der Waals surface area contributed by atoms with Gasteiger partial charge in [-0.1, -0.05) is 25.1 Å². The minimum absolute atomic E-state index is 0.0635. The van der Waals surface area contributed by atoms with Crippen molar-refractivity contribution in [3.8, 4) is 5.75 Å². The van der Waals surface area contributed by atoms with Crippen LogP contribution in [-0.2, 0) is 18.3 Å². The summed E-state index contributed by atoms with van der Waals surface area (Å²) in [5.74, 6) is 0.154. The van der Waals surface area contributed by atoms with E-state index >= 15 is 0 Å². The first-order valence-electron chi connectivity index (χ1n) is 12.0. The van der Waals surface area contributed by atoms with Crippen molar-refractivity contribution >= 4 is 28.4 Å². The number of para-hydroxylation sites is 1. The number of carbonyl (C=O) groups excluding carboxylic acids is 2. The number of nitrogens with one attached hydrogen (secondary N) is 2. The second-order valence-electron chi connectivity index (χ2n) is 9.40. The third kappa shape index (κ3) is 5.18. The standard InChI is InChI=1S/C27H34N4O4/c1-17-14-31(18(2)16-32)27(34)22-12-20(9-10-24(22)35-25(17)13-28-3)29-26(33)11-19-15-30(4)23-8-6-5-7-21(19)23/h5-10,12,15,17-18,25,28,32H,11,13-14,16H2,1-4H3,(H,29,33)/t17-,18+,25+/m1/s1. The molecule has 0 aliphatic carbocycles. The number of hydrogen-bond donors (Lipinski definition) is 3. The van der Waals surface area contributed by atoms with Gasteiger partial charge in [-0.25, -0.2) is 0 Å². The van der Waals surface area contributed by atoms with Crippen molar-refractivity contribution in [2.45, 2.75) is 32.4 Å². The number of fused-ring (bicyclic) bond motifs is 2. The predicted molar refractivity (Wildman–Crippen MR) is 137 cm³/mol. The predicted octanol–water partition coefficient (Wildman–Crippen LogP) is 2.80. The zero-order valence-electron chi connectivity index (χ0n) is 20.7. The van der Waals surface area contributed by atoms with Gasteiger partial charge in [0.05, 0.1) is 24.6 Å². The minimum atomic E-state index is -0.337. The van der Waals surface area contributed by atoms with Gasteiger partial charge in [0.1, 0.15) is 11.9 Å². The van der Waals surface area contributed by atoms with Crippen LogP contribution in [0.4, 0.5) is 5.69 Å². The number of aromatic nitrogens is 1. The summed E-state index contributed by atoms with van der Waals surface area (Å²) in [6.45, 7) is 4.82. The summed E-state index contributed by atoms with van der Waals surface area (Å²) in [6.07, 6.45) is 2.05. The van der Waals surface area contributed by atoms with E-state index in [0.29, 0.717) is 30.1 Å². The maximum Gasteiger partial charge on any atom is 0.258 e. The number of anilines is 1. The molecule has 0 radical (unpaired) electrons. The number of rotatable bonds is 7. The highest BCUT2D eigenvalue weighted by molar-refractivity contribution is 6.00. The van der Waals surface area contributed by atoms with Crippen LogP contribution in [-0.4, -0.2) is 65.3 Å². The summed E-state index contributed by atoms with van der Waals surface area (Å²) in [6, 6.07) is 12.8. The van der Waals surface area contributed by atoms with Crippen molar-refractivity contribution in [3.63, 3.8) is 0 Å². The molecule has 8 heteroatoms. The second-order valence-corrected chi connectivity index (χ2v) is 9.40. The van der Waals surface area contributed by atoms with Crippen LogP contribution in [0.15, 0.2) is 48.7 Å². The number of benzene rings is 2. The zero-order valence-corrected chi connectivity index (χ0v) is 20.7. The molecule has 1 aliphatic rings. The fraction of sp³-hybridized carbons (Fsp3) is 0.407. The first-order valence-corrected chi connectivity index (χ1v) is 12.0. The highest BCUT2D eigenvalue weighted by Crippen LogP contribution is 2.30. The van der Waals surface area contributed by atoms with Gasteiger partial charge in [0.25, 0.3) is 5.91 Å². The van der Waals surface area contributed by atoms with Gasteiger partial charge in [-0.05, 0) is 43.8 Å². The number of amides is 2. The van der Waals surface area contributed by atoms with Crippen LogP contribution in [0.3, 0.4) is 0 Å². The molecule has 0 fully saturated rings. The fourth-order valence-electron chi connectivity index (χ4n) is 4.69. The molecule has 8 nitrogen and oxygen atoms in total. The van der Waals surface area contributed by atoms with Gasteiger partial charge in [0.15, 0.2) is 0 Å². The molecular weight excluding hydrogens is 444 g/mol. The highest BCUT2D eigenvalue weighted by atomic mass is 16.5. The normalized spacial score (nSPS) is 19.0. The van der Waals surface area contributed by atoms with Gasteiger partial charge >= 0.3 is 0 Å². The van der Waals surface area contributed by atoms with Crippen molar-refractivity contribution in [3.05, 3.63) is 59.8 Å². The third-order valence-electron chi connectivity index (χ3n) is 6.68. The topological polar surface area (TPSA) is 95.8 Å². The number of carbonyl (C=O) groups is 2. The van der Waals surface area contributed by atoms with Crippen LogP contribution >= 0.6 is 0 Å². The zero-order chi connectivity index (χ0) is 25.1. The van der Waals surface area contributed by atoms with Gasteiger partial charge in [-0.15, -0.1) is 0 Å². The summed E-state index contributed by atoms with van der Waals surface area (Å²) in [4.78, 5) is 28.1. The quantitative estimate of drug-likeness (QED) is 0.485. The summed E-state index contributed by atoms with van der Waals surface area (Å²) in [7, 11) is 3.83. The van der Waals surface area contributed by atoms with Crippen LogP contribution in [0.25, 0.3) is 10.9 Å². The monoisotopic (exact) mass is 478 g/mol. The molecule has 3 aromatic rings. The molecule has 3 N–H and O–H groups in total. The summed E-state index contributed by atoms with van der Waals surface area (Å²) in [5, 5.41) is 16.9. The molecule has 0 saturated carbocycles. The molecule has 3 atom stereocenters. The Balaban J connectivity index is 1.60. The van der Waals surface area contributed by atoms with Crippen LogP contribution < -0.4 is 15.4 Å². The molecule has 0 bridgehead atoms. The Morgan fingerprint density at radius 3 is 2.77 bits per heavy atom. The van der Waals surface area contributed by atoms with E-state index in [1.165, 1.54) is 0 Å². The molecule has 2 aromatic carbocycles. The number of aliphatic hydroxyl groups excluding tert-OH is 1. The Morgan fingerprint density at radius 2 is 2.03 bits per heavy atom. The van der Waals surface area contributed by atoms with E-state index in [9.17, 15) is 14.7 Å². The number of ether oxygens (including phenoxy) is 1. The lowest BCUT2D eigenvalue weighted by Gasteiger charge is -2.37. The first kappa shape index (κ1) is 24.8. The van der Waals surface area contributed by atoms with Gasteiger partial charge in [0, 0.05) is 48.8 Å². The van der Waals surface area contributed by atoms with Crippen LogP contribution in [0, 0.1) is 5.92 Å². The Morgan fingerprint density at radius 1 is 1.26 bits per heavy atom. The molecule has 1 aliphatic heterocycles. The van der Waals surface area contributed by atoms with Crippen LogP contribution in [0.5, 0.6) is 5.75 Å². The fourth-order valence-corrected chi connectivity index (χ4v) is 4.69. The molecular formula is C27H34N4O4. The van der Waals surface area contributed by atoms with E-state index in [4.69, 9.17) is 4.74 Å². The van der Waals surface area contributed by atoms with Crippen molar-refractivity contribution in [2.75, 3.05) is 32.1 Å². The highest BCUT2D eigenvalue weighted by Gasteiger charge is 2.32. The molecule has 2 heterocycles.